The number of carbonyl (C=O) groups excluding carboxylic acids is 1. The van der Waals surface area contributed by atoms with Crippen LogP contribution in [0.4, 0.5) is 5.69 Å². The van der Waals surface area contributed by atoms with E-state index < -0.39 is 0 Å². The minimum Gasteiger partial charge on any atom is -0.378 e. The number of aryl methyl sites for hydroxylation is 2. The molecule has 1 aliphatic rings. The van der Waals surface area contributed by atoms with Crippen molar-refractivity contribution < 1.29 is 9.53 Å². The first-order valence-corrected chi connectivity index (χ1v) is 6.70. The number of hydrogen-bond acceptors (Lipinski definition) is 3. The molecule has 1 aromatic rings. The molecule has 4 nitrogen and oxygen atoms in total. The maximum absolute atomic E-state index is 12.2. The lowest BCUT2D eigenvalue weighted by molar-refractivity contribution is -0.120. The van der Waals surface area contributed by atoms with Crippen molar-refractivity contribution in [2.45, 2.75) is 33.7 Å². The standard InChI is InChI=1S/C15H22N2O2/c1-9-7-10(2)12(4)14(11(9)3)17-15(18)13-8-19-6-5-16-13/h7,13,16H,5-6,8H2,1-4H3,(H,17,18). The quantitative estimate of drug-likeness (QED) is 0.855. The summed E-state index contributed by atoms with van der Waals surface area (Å²) in [7, 11) is 0. The number of rotatable bonds is 2. The zero-order chi connectivity index (χ0) is 14.0. The van der Waals surface area contributed by atoms with Gasteiger partial charge in [-0.25, -0.2) is 0 Å². The molecular weight excluding hydrogens is 240 g/mol. The van der Waals surface area contributed by atoms with Gasteiger partial charge in [-0.3, -0.25) is 4.79 Å². The monoisotopic (exact) mass is 262 g/mol. The zero-order valence-electron chi connectivity index (χ0n) is 12.1. The van der Waals surface area contributed by atoms with Crippen LogP contribution in [0.5, 0.6) is 0 Å². The van der Waals surface area contributed by atoms with E-state index in [4.69, 9.17) is 4.74 Å². The molecule has 0 bridgehead atoms. The van der Waals surface area contributed by atoms with Gasteiger partial charge in [0.05, 0.1) is 13.2 Å². The van der Waals surface area contributed by atoms with Gasteiger partial charge in [-0.05, 0) is 49.9 Å². The summed E-state index contributed by atoms with van der Waals surface area (Å²) in [5.41, 5.74) is 5.61. The third kappa shape index (κ3) is 2.96. The molecule has 0 saturated carbocycles. The van der Waals surface area contributed by atoms with E-state index in [0.717, 1.165) is 23.4 Å². The lowest BCUT2D eigenvalue weighted by Crippen LogP contribution is -2.49. The topological polar surface area (TPSA) is 50.4 Å². The maximum Gasteiger partial charge on any atom is 0.243 e. The van der Waals surface area contributed by atoms with E-state index in [9.17, 15) is 4.79 Å². The van der Waals surface area contributed by atoms with Crippen LogP contribution in [0.15, 0.2) is 6.07 Å². The largest absolute Gasteiger partial charge is 0.378 e. The maximum atomic E-state index is 12.2. The summed E-state index contributed by atoms with van der Waals surface area (Å²) in [6.07, 6.45) is 0. The van der Waals surface area contributed by atoms with Crippen LogP contribution in [-0.2, 0) is 9.53 Å². The molecule has 1 saturated heterocycles. The Kier molecular flexibility index (Phi) is 4.22. The van der Waals surface area contributed by atoms with Crippen molar-refractivity contribution in [2.24, 2.45) is 0 Å². The van der Waals surface area contributed by atoms with Crippen molar-refractivity contribution in [3.63, 3.8) is 0 Å². The number of anilines is 1. The van der Waals surface area contributed by atoms with Crippen LogP contribution in [0, 0.1) is 27.7 Å². The number of carbonyl (C=O) groups is 1. The minimum absolute atomic E-state index is 0.0177. The molecule has 0 aromatic heterocycles. The summed E-state index contributed by atoms with van der Waals surface area (Å²) in [6, 6.07) is 1.90. The molecule has 1 heterocycles. The highest BCUT2D eigenvalue weighted by molar-refractivity contribution is 5.96. The second kappa shape index (κ2) is 5.72. The molecule has 104 valence electrons. The third-order valence-electron chi connectivity index (χ3n) is 3.85. The molecular formula is C15H22N2O2. The van der Waals surface area contributed by atoms with Crippen molar-refractivity contribution in [3.05, 3.63) is 28.3 Å². The van der Waals surface area contributed by atoms with Gasteiger partial charge in [0.25, 0.3) is 0 Å². The Morgan fingerprint density at radius 1 is 1.26 bits per heavy atom. The number of ether oxygens (including phenoxy) is 1. The van der Waals surface area contributed by atoms with Crippen LogP contribution in [0.2, 0.25) is 0 Å². The molecule has 0 aliphatic carbocycles. The predicted molar refractivity (Wildman–Crippen MR) is 76.6 cm³/mol. The van der Waals surface area contributed by atoms with E-state index in [1.165, 1.54) is 11.1 Å². The van der Waals surface area contributed by atoms with E-state index in [1.54, 1.807) is 0 Å². The Bertz CT molecular complexity index is 465. The van der Waals surface area contributed by atoms with Gasteiger partial charge >= 0.3 is 0 Å². The van der Waals surface area contributed by atoms with E-state index in [0.29, 0.717) is 13.2 Å². The fourth-order valence-corrected chi connectivity index (χ4v) is 2.35. The molecule has 1 amide bonds. The Labute approximate surface area is 114 Å². The second-order valence-corrected chi connectivity index (χ2v) is 5.21. The molecule has 2 N–H and O–H groups in total. The predicted octanol–water partition coefficient (Wildman–Crippen LogP) is 1.85. The van der Waals surface area contributed by atoms with Crippen LogP contribution in [0.25, 0.3) is 0 Å². The van der Waals surface area contributed by atoms with Gasteiger partial charge in [0.15, 0.2) is 0 Å². The second-order valence-electron chi connectivity index (χ2n) is 5.21. The fourth-order valence-electron chi connectivity index (χ4n) is 2.35. The van der Waals surface area contributed by atoms with Crippen molar-refractivity contribution >= 4 is 11.6 Å². The Hall–Kier alpha value is -1.39. The van der Waals surface area contributed by atoms with Crippen LogP contribution in [0.1, 0.15) is 22.3 Å². The summed E-state index contributed by atoms with van der Waals surface area (Å²) in [4.78, 5) is 12.2. The van der Waals surface area contributed by atoms with Gasteiger partial charge in [0, 0.05) is 12.2 Å². The average Bonchev–Trinajstić information content (AvgIpc) is 2.42. The molecule has 1 unspecified atom stereocenters. The van der Waals surface area contributed by atoms with Crippen molar-refractivity contribution in [3.8, 4) is 0 Å². The molecule has 0 spiro atoms. The minimum atomic E-state index is -0.256. The van der Waals surface area contributed by atoms with Crippen LogP contribution >= 0.6 is 0 Å². The van der Waals surface area contributed by atoms with E-state index >= 15 is 0 Å². The van der Waals surface area contributed by atoms with Crippen LogP contribution in [0.3, 0.4) is 0 Å². The first-order chi connectivity index (χ1) is 9.00. The van der Waals surface area contributed by atoms with Crippen LogP contribution in [-0.4, -0.2) is 31.7 Å². The van der Waals surface area contributed by atoms with Crippen molar-refractivity contribution in [1.29, 1.82) is 0 Å². The Morgan fingerprint density at radius 2 is 1.89 bits per heavy atom. The Morgan fingerprint density at radius 3 is 2.42 bits per heavy atom. The van der Waals surface area contributed by atoms with Gasteiger partial charge in [-0.2, -0.15) is 0 Å². The highest BCUT2D eigenvalue weighted by atomic mass is 16.5. The SMILES string of the molecule is Cc1cc(C)c(C)c(NC(=O)C2COCCN2)c1C. The molecule has 1 aliphatic heterocycles. The lowest BCUT2D eigenvalue weighted by Gasteiger charge is -2.24. The van der Waals surface area contributed by atoms with Crippen LogP contribution < -0.4 is 10.6 Å². The third-order valence-corrected chi connectivity index (χ3v) is 3.85. The first kappa shape index (κ1) is 14.0. The van der Waals surface area contributed by atoms with Gasteiger partial charge in [0.1, 0.15) is 6.04 Å². The van der Waals surface area contributed by atoms with Crippen molar-refractivity contribution in [1.82, 2.24) is 5.32 Å². The molecule has 0 radical (unpaired) electrons. The van der Waals surface area contributed by atoms with Gasteiger partial charge in [-0.15, -0.1) is 0 Å². The van der Waals surface area contributed by atoms with E-state index in [-0.39, 0.29) is 11.9 Å². The summed E-state index contributed by atoms with van der Waals surface area (Å²) in [5, 5.41) is 6.22. The first-order valence-electron chi connectivity index (χ1n) is 6.70. The number of nitrogens with one attached hydrogen (secondary N) is 2. The highest BCUT2D eigenvalue weighted by Crippen LogP contribution is 2.26. The van der Waals surface area contributed by atoms with E-state index in [2.05, 4.69) is 30.5 Å². The molecule has 1 fully saturated rings. The number of amides is 1. The average molecular weight is 262 g/mol. The summed E-state index contributed by atoms with van der Waals surface area (Å²) < 4.78 is 5.33. The van der Waals surface area contributed by atoms with Gasteiger partial charge in [0.2, 0.25) is 5.91 Å². The Balaban J connectivity index is 2.20. The highest BCUT2D eigenvalue weighted by Gasteiger charge is 2.22. The number of hydrogen-bond donors (Lipinski definition) is 2. The number of benzene rings is 1. The van der Waals surface area contributed by atoms with E-state index in [1.807, 2.05) is 13.8 Å². The molecule has 19 heavy (non-hydrogen) atoms. The summed E-state index contributed by atoms with van der Waals surface area (Å²) in [6.45, 7) is 10.1. The summed E-state index contributed by atoms with van der Waals surface area (Å²) >= 11 is 0. The van der Waals surface area contributed by atoms with Gasteiger partial charge < -0.3 is 15.4 Å². The molecule has 2 rings (SSSR count). The summed E-state index contributed by atoms with van der Waals surface area (Å²) in [5.74, 6) is -0.0177. The fraction of sp³-hybridized carbons (Fsp3) is 0.533. The molecule has 1 aromatic carbocycles. The van der Waals surface area contributed by atoms with Crippen molar-refractivity contribution in [2.75, 3.05) is 25.1 Å². The molecule has 1 atom stereocenters. The molecule has 4 heteroatoms. The normalized spacial score (nSPS) is 19.3. The lowest BCUT2D eigenvalue weighted by atomic mass is 9.98. The van der Waals surface area contributed by atoms with Gasteiger partial charge in [-0.1, -0.05) is 6.07 Å². The number of morpholine rings is 1. The zero-order valence-corrected chi connectivity index (χ0v) is 12.1. The smallest absolute Gasteiger partial charge is 0.243 e.